The maximum atomic E-state index is 14.2. The molecule has 0 fully saturated rings. The molecule has 52 heavy (non-hydrogen) atoms. The summed E-state index contributed by atoms with van der Waals surface area (Å²) in [5.74, 6) is -7.40. The number of imide groups is 2. The van der Waals surface area contributed by atoms with E-state index in [1.807, 2.05) is 0 Å². The number of nitro groups is 2. The third-order valence-corrected chi connectivity index (χ3v) is 7.58. The molecule has 0 saturated carbocycles. The Kier molecular flexibility index (Phi) is 10.0. The molecule has 0 atom stereocenters. The SMILES string of the molecule is O=C(O)c1ccccc1C(=O)N(C(=O)c1cccc(C(=O)N(C(=O)c2ccccc2C(=O)O)c2ccc([N+](=O)[O-])cc2)c1)c1ccc([N+](=O)[O-])cc1. The van der Waals surface area contributed by atoms with Crippen molar-refractivity contribution < 1.29 is 48.8 Å². The first-order valence-corrected chi connectivity index (χ1v) is 14.8. The lowest BCUT2D eigenvalue weighted by Crippen LogP contribution is -2.39. The molecule has 5 rings (SSSR count). The van der Waals surface area contributed by atoms with Crippen LogP contribution in [0.1, 0.15) is 62.1 Å². The van der Waals surface area contributed by atoms with E-state index >= 15 is 0 Å². The van der Waals surface area contributed by atoms with Gasteiger partial charge < -0.3 is 10.2 Å². The molecular weight excluding hydrogens is 680 g/mol. The number of hydrogen-bond acceptors (Lipinski definition) is 10. The summed E-state index contributed by atoms with van der Waals surface area (Å²) in [4.78, 5) is 102. The molecule has 2 N–H and O–H groups in total. The summed E-state index contributed by atoms with van der Waals surface area (Å²) in [6, 6.07) is 23.2. The number of carbonyl (C=O) groups excluding carboxylic acids is 4. The van der Waals surface area contributed by atoms with E-state index in [2.05, 4.69) is 0 Å². The molecule has 16 heteroatoms. The normalized spacial score (nSPS) is 10.5. The van der Waals surface area contributed by atoms with Gasteiger partial charge in [-0.05, 0) is 66.7 Å². The molecule has 0 heterocycles. The molecule has 0 aliphatic carbocycles. The number of nitrogens with zero attached hydrogens (tertiary/aromatic N) is 4. The van der Waals surface area contributed by atoms with E-state index < -0.39 is 67.7 Å². The number of amides is 4. The van der Waals surface area contributed by atoms with Crippen LogP contribution in [0, 0.1) is 20.2 Å². The first kappa shape index (κ1) is 35.4. The minimum atomic E-state index is -1.48. The van der Waals surface area contributed by atoms with Crippen molar-refractivity contribution in [3.63, 3.8) is 0 Å². The molecule has 0 bridgehead atoms. The van der Waals surface area contributed by atoms with Gasteiger partial charge in [0, 0.05) is 35.4 Å². The Balaban J connectivity index is 1.62. The van der Waals surface area contributed by atoms with Crippen molar-refractivity contribution in [3.8, 4) is 0 Å². The standard InChI is InChI=1S/C36H22N4O12/c41-31(37(23-12-16-25(17-13-23)39(49)50)33(43)27-8-1-3-10-29(27)35(45)46)21-6-5-7-22(20-21)32(42)38(24-14-18-26(19-15-24)40(51)52)34(44)28-9-2-4-11-30(28)36(47)48/h1-20H,(H,45,46)(H,47,48). The van der Waals surface area contributed by atoms with Crippen molar-refractivity contribution in [1.82, 2.24) is 0 Å². The lowest BCUT2D eigenvalue weighted by molar-refractivity contribution is -0.385. The average molecular weight is 703 g/mol. The van der Waals surface area contributed by atoms with E-state index in [4.69, 9.17) is 0 Å². The van der Waals surface area contributed by atoms with Gasteiger partial charge in [-0.1, -0.05) is 30.3 Å². The average Bonchev–Trinajstić information content (AvgIpc) is 3.15. The third-order valence-electron chi connectivity index (χ3n) is 7.58. The lowest BCUT2D eigenvalue weighted by atomic mass is 10.0. The molecular formula is C36H22N4O12. The molecule has 0 saturated heterocycles. The predicted molar refractivity (Wildman–Crippen MR) is 182 cm³/mol. The Hall–Kier alpha value is -7.88. The number of hydrogen-bond donors (Lipinski definition) is 2. The van der Waals surface area contributed by atoms with Crippen LogP contribution in [0.15, 0.2) is 121 Å². The minimum Gasteiger partial charge on any atom is -0.478 e. The number of aromatic carboxylic acids is 2. The summed E-state index contributed by atoms with van der Waals surface area (Å²) < 4.78 is 0. The smallest absolute Gasteiger partial charge is 0.336 e. The van der Waals surface area contributed by atoms with Gasteiger partial charge in [0.25, 0.3) is 35.0 Å². The Morgan fingerprint density at radius 2 is 0.769 bits per heavy atom. The molecule has 0 aromatic heterocycles. The molecule has 0 aliphatic heterocycles. The monoisotopic (exact) mass is 702 g/mol. The zero-order valence-corrected chi connectivity index (χ0v) is 26.3. The molecule has 0 unspecified atom stereocenters. The second-order valence-corrected chi connectivity index (χ2v) is 10.7. The first-order valence-electron chi connectivity index (χ1n) is 14.8. The van der Waals surface area contributed by atoms with Crippen molar-refractivity contribution >= 4 is 58.3 Å². The van der Waals surface area contributed by atoms with Gasteiger partial charge in [-0.3, -0.25) is 39.4 Å². The van der Waals surface area contributed by atoms with E-state index in [1.54, 1.807) is 0 Å². The Morgan fingerprint density at radius 1 is 0.442 bits per heavy atom. The van der Waals surface area contributed by atoms with Crippen molar-refractivity contribution in [2.24, 2.45) is 0 Å². The van der Waals surface area contributed by atoms with Crippen LogP contribution in [0.4, 0.5) is 22.7 Å². The van der Waals surface area contributed by atoms with Crippen LogP contribution in [0.2, 0.25) is 0 Å². The molecule has 0 radical (unpaired) electrons. The van der Waals surface area contributed by atoms with Gasteiger partial charge in [0.05, 0.1) is 43.5 Å². The van der Waals surface area contributed by atoms with Gasteiger partial charge >= 0.3 is 11.9 Å². The van der Waals surface area contributed by atoms with Crippen molar-refractivity contribution in [2.45, 2.75) is 0 Å². The quantitative estimate of drug-likeness (QED) is 0.0987. The Bertz CT molecular complexity index is 2150. The number of carboxylic acids is 2. The molecule has 5 aromatic rings. The summed E-state index contributed by atoms with van der Waals surface area (Å²) in [5.41, 5.74) is -3.48. The van der Waals surface area contributed by atoms with Gasteiger partial charge in [-0.15, -0.1) is 0 Å². The topological polar surface area (TPSA) is 236 Å². The fraction of sp³-hybridized carbons (Fsp3) is 0. The van der Waals surface area contributed by atoms with E-state index in [9.17, 15) is 59.2 Å². The van der Waals surface area contributed by atoms with Crippen LogP contribution in [0.5, 0.6) is 0 Å². The van der Waals surface area contributed by atoms with Crippen molar-refractivity contribution in [3.05, 3.63) is 175 Å². The molecule has 0 aliphatic rings. The molecule has 258 valence electrons. The van der Waals surface area contributed by atoms with Gasteiger partial charge in [-0.25, -0.2) is 19.4 Å². The van der Waals surface area contributed by atoms with Crippen molar-refractivity contribution in [2.75, 3.05) is 9.80 Å². The maximum absolute atomic E-state index is 14.2. The predicted octanol–water partition coefficient (Wildman–Crippen LogP) is 5.87. The number of carbonyl (C=O) groups is 6. The number of anilines is 2. The van der Waals surface area contributed by atoms with Crippen LogP contribution in [0.25, 0.3) is 0 Å². The van der Waals surface area contributed by atoms with E-state index in [0.29, 0.717) is 9.80 Å². The second-order valence-electron chi connectivity index (χ2n) is 10.7. The zero-order valence-electron chi connectivity index (χ0n) is 26.3. The van der Waals surface area contributed by atoms with Gasteiger partial charge in [-0.2, -0.15) is 0 Å². The number of rotatable bonds is 10. The lowest BCUT2D eigenvalue weighted by Gasteiger charge is -2.23. The maximum Gasteiger partial charge on any atom is 0.336 e. The van der Waals surface area contributed by atoms with Crippen LogP contribution >= 0.6 is 0 Å². The largest absolute Gasteiger partial charge is 0.478 e. The number of nitro benzene ring substituents is 2. The molecule has 4 amide bonds. The van der Waals surface area contributed by atoms with E-state index in [-0.39, 0.29) is 33.9 Å². The fourth-order valence-corrected chi connectivity index (χ4v) is 5.10. The summed E-state index contributed by atoms with van der Waals surface area (Å²) in [5, 5.41) is 42.0. The molecule has 0 spiro atoms. The van der Waals surface area contributed by atoms with Crippen molar-refractivity contribution in [1.29, 1.82) is 0 Å². The Labute approximate surface area is 291 Å². The summed E-state index contributed by atoms with van der Waals surface area (Å²) >= 11 is 0. The van der Waals surface area contributed by atoms with Gasteiger partial charge in [0.2, 0.25) is 0 Å². The third kappa shape index (κ3) is 7.10. The number of carboxylic acid groups (broad SMARTS) is 2. The minimum absolute atomic E-state index is 0.189. The number of benzene rings is 5. The fourth-order valence-electron chi connectivity index (χ4n) is 5.10. The highest BCUT2D eigenvalue weighted by Gasteiger charge is 2.32. The highest BCUT2D eigenvalue weighted by atomic mass is 16.6. The van der Waals surface area contributed by atoms with Crippen LogP contribution in [-0.4, -0.2) is 55.6 Å². The molecule has 5 aromatic carbocycles. The van der Waals surface area contributed by atoms with Crippen LogP contribution in [0.3, 0.4) is 0 Å². The summed E-state index contributed by atoms with van der Waals surface area (Å²) in [6.07, 6.45) is 0. The summed E-state index contributed by atoms with van der Waals surface area (Å²) in [6.45, 7) is 0. The molecule has 16 nitrogen and oxygen atoms in total. The second kappa shape index (κ2) is 14.7. The highest BCUT2D eigenvalue weighted by molar-refractivity contribution is 6.29. The summed E-state index contributed by atoms with van der Waals surface area (Å²) in [7, 11) is 0. The first-order chi connectivity index (χ1) is 24.8. The van der Waals surface area contributed by atoms with Crippen LogP contribution < -0.4 is 9.80 Å². The van der Waals surface area contributed by atoms with Gasteiger partial charge in [0.15, 0.2) is 0 Å². The van der Waals surface area contributed by atoms with Gasteiger partial charge in [0.1, 0.15) is 0 Å². The number of non-ortho nitro benzene ring substituents is 2. The van der Waals surface area contributed by atoms with E-state index in [1.165, 1.54) is 54.6 Å². The Morgan fingerprint density at radius 3 is 1.08 bits per heavy atom. The zero-order chi connectivity index (χ0) is 37.7. The highest BCUT2D eigenvalue weighted by Crippen LogP contribution is 2.28. The van der Waals surface area contributed by atoms with E-state index in [0.717, 1.165) is 66.7 Å². The van der Waals surface area contributed by atoms with Crippen LogP contribution in [-0.2, 0) is 0 Å².